The second kappa shape index (κ2) is 8.68. The van der Waals surface area contributed by atoms with Crippen LogP contribution in [0.5, 0.6) is 0 Å². The van der Waals surface area contributed by atoms with Crippen LogP contribution in [0.1, 0.15) is 13.3 Å². The molecule has 0 atom stereocenters. The number of sulfonamides is 1. The third kappa shape index (κ3) is 5.45. The van der Waals surface area contributed by atoms with Crippen LogP contribution < -0.4 is 10.2 Å². The van der Waals surface area contributed by atoms with Crippen LogP contribution in [0, 0.1) is 0 Å². The fraction of sp³-hybridized carbons (Fsp3) is 0.500. The van der Waals surface area contributed by atoms with Crippen molar-refractivity contribution in [3.63, 3.8) is 0 Å². The molecule has 1 aromatic carbocycles. The number of anilines is 1. The fourth-order valence-corrected chi connectivity index (χ4v) is 4.43. The highest BCUT2D eigenvalue weighted by Gasteiger charge is 2.26. The van der Waals surface area contributed by atoms with Gasteiger partial charge in [-0.3, -0.25) is 9.59 Å². The largest absolute Gasteiger partial charge is 0.354 e. The molecule has 0 aromatic heterocycles. The van der Waals surface area contributed by atoms with E-state index in [0.717, 1.165) is 10.6 Å². The molecular weight excluding hydrogens is 362 g/mol. The van der Waals surface area contributed by atoms with Gasteiger partial charge in [-0.15, -0.1) is 11.8 Å². The molecule has 1 heterocycles. The normalized spacial score (nSPS) is 14.5. The van der Waals surface area contributed by atoms with Crippen molar-refractivity contribution >= 4 is 39.3 Å². The van der Waals surface area contributed by atoms with Crippen molar-refractivity contribution in [3.8, 4) is 0 Å². The molecule has 0 saturated heterocycles. The van der Waals surface area contributed by atoms with E-state index >= 15 is 0 Å². The Balaban J connectivity index is 1.84. The van der Waals surface area contributed by atoms with Gasteiger partial charge in [-0.05, 0) is 18.6 Å². The van der Waals surface area contributed by atoms with E-state index in [4.69, 9.17) is 0 Å². The van der Waals surface area contributed by atoms with Crippen molar-refractivity contribution in [2.24, 2.45) is 0 Å². The number of fused-ring (bicyclic) bond motifs is 1. The molecule has 1 aromatic rings. The number of nitrogens with one attached hydrogen (secondary N) is 1. The van der Waals surface area contributed by atoms with Crippen LogP contribution in [0.15, 0.2) is 29.2 Å². The highest BCUT2D eigenvalue weighted by atomic mass is 32.2. The number of hydrogen-bond donors (Lipinski definition) is 1. The first-order chi connectivity index (χ1) is 11.8. The maximum atomic E-state index is 12.1. The van der Waals surface area contributed by atoms with E-state index in [0.29, 0.717) is 31.8 Å². The quantitative estimate of drug-likeness (QED) is 0.672. The van der Waals surface area contributed by atoms with Crippen LogP contribution in [0.2, 0.25) is 0 Å². The first-order valence-electron chi connectivity index (χ1n) is 8.07. The molecule has 0 fully saturated rings. The number of amides is 2. The van der Waals surface area contributed by atoms with Gasteiger partial charge >= 0.3 is 0 Å². The Morgan fingerprint density at radius 1 is 1.36 bits per heavy atom. The summed E-state index contributed by atoms with van der Waals surface area (Å²) in [6.07, 6.45) is 1.69. The minimum absolute atomic E-state index is 0.0278. The third-order valence-corrected chi connectivity index (χ3v) is 6.26. The van der Waals surface area contributed by atoms with E-state index in [1.54, 1.807) is 6.92 Å². The first-order valence-corrected chi connectivity index (χ1v) is 10.9. The molecule has 1 aliphatic rings. The van der Waals surface area contributed by atoms with Gasteiger partial charge in [-0.2, -0.15) is 0 Å². The zero-order chi connectivity index (χ0) is 18.4. The molecule has 1 N–H and O–H groups in total. The second-order valence-electron chi connectivity index (χ2n) is 5.69. The predicted molar refractivity (Wildman–Crippen MR) is 99.2 cm³/mol. The van der Waals surface area contributed by atoms with Crippen molar-refractivity contribution in [3.05, 3.63) is 24.3 Å². The van der Waals surface area contributed by atoms with E-state index in [-0.39, 0.29) is 18.4 Å². The van der Waals surface area contributed by atoms with Crippen molar-refractivity contribution in [2.45, 2.75) is 18.2 Å². The van der Waals surface area contributed by atoms with Crippen molar-refractivity contribution in [1.29, 1.82) is 0 Å². The van der Waals surface area contributed by atoms with Crippen LogP contribution in [0.25, 0.3) is 0 Å². The van der Waals surface area contributed by atoms with Crippen molar-refractivity contribution in [2.75, 3.05) is 43.1 Å². The number of hydrogen-bond acceptors (Lipinski definition) is 5. The Labute approximate surface area is 152 Å². The number of para-hydroxylation sites is 1. The SMILES string of the molecule is CCN(CCCNC(=O)CN1C(=O)CSc2ccccc21)S(C)(=O)=O. The van der Waals surface area contributed by atoms with Gasteiger partial charge < -0.3 is 10.2 Å². The minimum Gasteiger partial charge on any atom is -0.354 e. The van der Waals surface area contributed by atoms with Gasteiger partial charge in [0.15, 0.2) is 0 Å². The number of nitrogens with zero attached hydrogens (tertiary/aromatic N) is 2. The summed E-state index contributed by atoms with van der Waals surface area (Å²) in [6.45, 7) is 2.88. The zero-order valence-electron chi connectivity index (χ0n) is 14.4. The molecule has 0 saturated carbocycles. The number of benzene rings is 1. The molecule has 9 heteroatoms. The Hall–Kier alpha value is -1.58. The van der Waals surface area contributed by atoms with E-state index in [2.05, 4.69) is 5.32 Å². The molecule has 2 amide bonds. The number of thioether (sulfide) groups is 1. The molecule has 0 spiro atoms. The Morgan fingerprint density at radius 2 is 2.08 bits per heavy atom. The van der Waals surface area contributed by atoms with E-state index < -0.39 is 10.0 Å². The molecule has 0 unspecified atom stereocenters. The van der Waals surface area contributed by atoms with Crippen LogP contribution in [0.4, 0.5) is 5.69 Å². The summed E-state index contributed by atoms with van der Waals surface area (Å²) in [6, 6.07) is 7.51. The van der Waals surface area contributed by atoms with E-state index in [1.807, 2.05) is 24.3 Å². The molecule has 1 aliphatic heterocycles. The van der Waals surface area contributed by atoms with Crippen molar-refractivity contribution in [1.82, 2.24) is 9.62 Å². The van der Waals surface area contributed by atoms with Gasteiger partial charge in [0.2, 0.25) is 21.8 Å². The summed E-state index contributed by atoms with van der Waals surface area (Å²) in [4.78, 5) is 26.7. The fourth-order valence-electron chi connectivity index (χ4n) is 2.57. The lowest BCUT2D eigenvalue weighted by Crippen LogP contribution is -2.43. The average molecular weight is 386 g/mol. The van der Waals surface area contributed by atoms with E-state index in [9.17, 15) is 18.0 Å². The average Bonchev–Trinajstić information content (AvgIpc) is 2.56. The molecular formula is C16H23N3O4S2. The molecule has 0 bridgehead atoms. The first kappa shape index (κ1) is 19.7. The minimum atomic E-state index is -3.21. The zero-order valence-corrected chi connectivity index (χ0v) is 16.0. The molecule has 138 valence electrons. The Bertz CT molecular complexity index is 737. The van der Waals surface area contributed by atoms with Gasteiger partial charge in [0.1, 0.15) is 6.54 Å². The van der Waals surface area contributed by atoms with Gasteiger partial charge in [-0.1, -0.05) is 19.1 Å². The van der Waals surface area contributed by atoms with Crippen LogP contribution in [0.3, 0.4) is 0 Å². The molecule has 0 radical (unpaired) electrons. The van der Waals surface area contributed by atoms with E-state index in [1.165, 1.54) is 27.2 Å². The summed E-state index contributed by atoms with van der Waals surface area (Å²) in [5, 5.41) is 2.75. The summed E-state index contributed by atoms with van der Waals surface area (Å²) in [7, 11) is -3.21. The topological polar surface area (TPSA) is 86.8 Å². The Kier molecular flexibility index (Phi) is 6.86. The second-order valence-corrected chi connectivity index (χ2v) is 8.69. The van der Waals surface area contributed by atoms with Crippen molar-refractivity contribution < 1.29 is 18.0 Å². The molecule has 25 heavy (non-hydrogen) atoms. The molecule has 7 nitrogen and oxygen atoms in total. The highest BCUT2D eigenvalue weighted by molar-refractivity contribution is 8.00. The smallest absolute Gasteiger partial charge is 0.240 e. The predicted octanol–water partition coefficient (Wildman–Crippen LogP) is 0.913. The van der Waals surface area contributed by atoms with Crippen LogP contribution in [-0.2, 0) is 19.6 Å². The number of carbonyl (C=O) groups excluding carboxylic acids is 2. The standard InChI is InChI=1S/C16H23N3O4S2/c1-3-18(25(2,22)23)10-6-9-17-15(20)11-19-13-7-4-5-8-14(13)24-12-16(19)21/h4-5,7-8H,3,6,9-12H2,1-2H3,(H,17,20). The summed E-state index contributed by atoms with van der Waals surface area (Å²) >= 11 is 1.47. The maximum Gasteiger partial charge on any atom is 0.240 e. The van der Waals surface area contributed by atoms with Gasteiger partial charge in [0.25, 0.3) is 0 Å². The van der Waals surface area contributed by atoms with Crippen LogP contribution in [-0.4, -0.2) is 62.7 Å². The maximum absolute atomic E-state index is 12.1. The summed E-state index contributed by atoms with van der Waals surface area (Å²) in [5.74, 6) is -0.0186. The molecule has 2 rings (SSSR count). The van der Waals surface area contributed by atoms with Gasteiger partial charge in [-0.25, -0.2) is 12.7 Å². The van der Waals surface area contributed by atoms with Gasteiger partial charge in [0.05, 0.1) is 17.7 Å². The lowest BCUT2D eigenvalue weighted by molar-refractivity contribution is -0.123. The lowest BCUT2D eigenvalue weighted by Gasteiger charge is -2.28. The highest BCUT2D eigenvalue weighted by Crippen LogP contribution is 2.34. The molecule has 0 aliphatic carbocycles. The summed E-state index contributed by atoms with van der Waals surface area (Å²) in [5.41, 5.74) is 0.758. The van der Waals surface area contributed by atoms with Crippen LogP contribution >= 0.6 is 11.8 Å². The third-order valence-electron chi connectivity index (χ3n) is 3.84. The number of carbonyl (C=O) groups is 2. The summed E-state index contributed by atoms with van der Waals surface area (Å²) < 4.78 is 24.4. The number of rotatable bonds is 8. The monoisotopic (exact) mass is 385 g/mol. The lowest BCUT2D eigenvalue weighted by atomic mass is 10.2. The van der Waals surface area contributed by atoms with Gasteiger partial charge in [0, 0.05) is 24.5 Å². The Morgan fingerprint density at radius 3 is 2.76 bits per heavy atom.